The molecule has 1 aromatic rings. The van der Waals surface area contributed by atoms with Crippen molar-refractivity contribution in [2.24, 2.45) is 7.05 Å². The Morgan fingerprint density at radius 1 is 1.17 bits per heavy atom. The van der Waals surface area contributed by atoms with Crippen LogP contribution in [0.1, 0.15) is 29.6 Å². The Morgan fingerprint density at radius 3 is 2.74 bits per heavy atom. The Morgan fingerprint density at radius 2 is 1.96 bits per heavy atom. The molecule has 2 saturated heterocycles. The molecular weight excluding hydrogens is 310 g/mol. The van der Waals surface area contributed by atoms with Gasteiger partial charge in [-0.3, -0.25) is 14.5 Å². The molecule has 2 aliphatic rings. The zero-order chi connectivity index (χ0) is 16.2. The van der Waals surface area contributed by atoms with Gasteiger partial charge in [0.1, 0.15) is 5.56 Å². The van der Waals surface area contributed by atoms with E-state index in [1.54, 1.807) is 25.4 Å². The Labute approximate surface area is 141 Å². The van der Waals surface area contributed by atoms with Crippen molar-refractivity contribution in [3.63, 3.8) is 0 Å². The number of amides is 1. The third-order valence-electron chi connectivity index (χ3n) is 4.88. The SMILES string of the molecule is Cn1cccc(C(=O)N2CCCN(C3CCSCC3)CC2)c1=O. The first-order valence-electron chi connectivity index (χ1n) is 8.43. The van der Waals surface area contributed by atoms with Gasteiger partial charge in [0.05, 0.1) is 0 Å². The van der Waals surface area contributed by atoms with Crippen LogP contribution in [0.15, 0.2) is 23.1 Å². The van der Waals surface area contributed by atoms with Crippen LogP contribution < -0.4 is 5.56 Å². The van der Waals surface area contributed by atoms with Crippen molar-refractivity contribution in [3.05, 3.63) is 34.2 Å². The monoisotopic (exact) mass is 335 g/mol. The molecule has 1 amide bonds. The van der Waals surface area contributed by atoms with Crippen molar-refractivity contribution in [3.8, 4) is 0 Å². The molecule has 0 atom stereocenters. The van der Waals surface area contributed by atoms with Gasteiger partial charge in [0.2, 0.25) is 0 Å². The summed E-state index contributed by atoms with van der Waals surface area (Å²) in [5.74, 6) is 2.39. The molecule has 0 N–H and O–H groups in total. The number of carbonyl (C=O) groups is 1. The van der Waals surface area contributed by atoms with Crippen molar-refractivity contribution < 1.29 is 4.79 Å². The minimum absolute atomic E-state index is 0.118. The molecule has 1 aromatic heterocycles. The zero-order valence-electron chi connectivity index (χ0n) is 13.7. The lowest BCUT2D eigenvalue weighted by Gasteiger charge is -2.33. The van der Waals surface area contributed by atoms with Crippen LogP contribution in [0.25, 0.3) is 0 Å². The van der Waals surface area contributed by atoms with Crippen molar-refractivity contribution in [1.82, 2.24) is 14.4 Å². The molecule has 5 nitrogen and oxygen atoms in total. The van der Waals surface area contributed by atoms with Crippen LogP contribution in [0.3, 0.4) is 0 Å². The number of thioether (sulfide) groups is 1. The van der Waals surface area contributed by atoms with E-state index in [0.717, 1.165) is 32.6 Å². The third-order valence-corrected chi connectivity index (χ3v) is 5.93. The van der Waals surface area contributed by atoms with Gasteiger partial charge in [-0.25, -0.2) is 0 Å². The molecule has 3 rings (SSSR count). The maximum Gasteiger partial charge on any atom is 0.263 e. The van der Waals surface area contributed by atoms with Crippen LogP contribution >= 0.6 is 11.8 Å². The predicted molar refractivity (Wildman–Crippen MR) is 94.1 cm³/mol. The summed E-state index contributed by atoms with van der Waals surface area (Å²) in [5.41, 5.74) is 0.0837. The van der Waals surface area contributed by atoms with Gasteiger partial charge in [-0.2, -0.15) is 11.8 Å². The third kappa shape index (κ3) is 3.80. The first-order valence-corrected chi connectivity index (χ1v) is 9.59. The Balaban J connectivity index is 1.66. The summed E-state index contributed by atoms with van der Waals surface area (Å²) in [4.78, 5) is 29.3. The van der Waals surface area contributed by atoms with Crippen LogP contribution in [0.5, 0.6) is 0 Å². The average Bonchev–Trinajstić information content (AvgIpc) is 2.84. The Bertz CT molecular complexity index is 610. The maximum atomic E-state index is 12.7. The maximum absolute atomic E-state index is 12.7. The number of aryl methyl sites for hydroxylation is 1. The van der Waals surface area contributed by atoms with Crippen molar-refractivity contribution >= 4 is 17.7 Å². The van der Waals surface area contributed by atoms with Gasteiger partial charge < -0.3 is 9.47 Å². The summed E-state index contributed by atoms with van der Waals surface area (Å²) in [5, 5.41) is 0. The van der Waals surface area contributed by atoms with E-state index in [1.165, 1.54) is 28.9 Å². The normalized spacial score (nSPS) is 21.2. The Hall–Kier alpha value is -1.27. The fourth-order valence-electron chi connectivity index (χ4n) is 3.49. The van der Waals surface area contributed by atoms with Gasteiger partial charge in [0, 0.05) is 45.5 Å². The number of pyridine rings is 1. The van der Waals surface area contributed by atoms with Gasteiger partial charge in [-0.05, 0) is 42.9 Å². The van der Waals surface area contributed by atoms with Crippen molar-refractivity contribution in [2.45, 2.75) is 25.3 Å². The molecule has 0 aromatic carbocycles. The van der Waals surface area contributed by atoms with Crippen LogP contribution in [0.2, 0.25) is 0 Å². The second kappa shape index (κ2) is 7.53. The largest absolute Gasteiger partial charge is 0.337 e. The first-order chi connectivity index (χ1) is 11.2. The highest BCUT2D eigenvalue weighted by Gasteiger charge is 2.26. The van der Waals surface area contributed by atoms with Crippen molar-refractivity contribution in [1.29, 1.82) is 0 Å². The summed E-state index contributed by atoms with van der Waals surface area (Å²) in [7, 11) is 1.68. The number of hydrogen-bond donors (Lipinski definition) is 0. The fourth-order valence-corrected chi connectivity index (χ4v) is 4.57. The van der Waals surface area contributed by atoms with E-state index >= 15 is 0 Å². The van der Waals surface area contributed by atoms with Crippen LogP contribution in [-0.4, -0.2) is 64.0 Å². The number of nitrogens with zero attached hydrogens (tertiary/aromatic N) is 3. The zero-order valence-corrected chi connectivity index (χ0v) is 14.6. The highest BCUT2D eigenvalue weighted by atomic mass is 32.2. The summed E-state index contributed by atoms with van der Waals surface area (Å²) in [6.07, 6.45) is 5.20. The average molecular weight is 335 g/mol. The molecule has 2 fully saturated rings. The van der Waals surface area contributed by atoms with E-state index < -0.39 is 0 Å². The number of carbonyl (C=O) groups excluding carboxylic acids is 1. The molecule has 2 aliphatic heterocycles. The fraction of sp³-hybridized carbons (Fsp3) is 0.647. The predicted octanol–water partition coefficient (Wildman–Crippen LogP) is 1.43. The Kier molecular flexibility index (Phi) is 5.43. The molecule has 23 heavy (non-hydrogen) atoms. The minimum atomic E-state index is -0.206. The van der Waals surface area contributed by atoms with Gasteiger partial charge in [0.25, 0.3) is 11.5 Å². The lowest BCUT2D eigenvalue weighted by Crippen LogP contribution is -2.42. The van der Waals surface area contributed by atoms with Gasteiger partial charge in [0.15, 0.2) is 0 Å². The molecule has 6 heteroatoms. The highest BCUT2D eigenvalue weighted by Crippen LogP contribution is 2.22. The topological polar surface area (TPSA) is 45.6 Å². The van der Waals surface area contributed by atoms with Gasteiger partial charge >= 0.3 is 0 Å². The van der Waals surface area contributed by atoms with E-state index in [1.807, 2.05) is 16.7 Å². The summed E-state index contributed by atoms with van der Waals surface area (Å²) >= 11 is 2.05. The smallest absolute Gasteiger partial charge is 0.263 e. The lowest BCUT2D eigenvalue weighted by atomic mass is 10.1. The second-order valence-corrected chi connectivity index (χ2v) is 7.59. The van der Waals surface area contributed by atoms with E-state index in [-0.39, 0.29) is 17.0 Å². The molecule has 0 saturated carbocycles. The van der Waals surface area contributed by atoms with Crippen LogP contribution in [0.4, 0.5) is 0 Å². The summed E-state index contributed by atoms with van der Waals surface area (Å²) in [6.45, 7) is 3.45. The number of aromatic nitrogens is 1. The molecule has 126 valence electrons. The van der Waals surface area contributed by atoms with Crippen molar-refractivity contribution in [2.75, 3.05) is 37.7 Å². The molecule has 3 heterocycles. The summed E-state index contributed by atoms with van der Waals surface area (Å²) in [6, 6.07) is 4.08. The van der Waals surface area contributed by atoms with E-state index in [0.29, 0.717) is 6.04 Å². The number of hydrogen-bond acceptors (Lipinski definition) is 4. The van der Waals surface area contributed by atoms with Gasteiger partial charge in [-0.1, -0.05) is 0 Å². The first kappa shape index (κ1) is 16.6. The molecule has 0 radical (unpaired) electrons. The quantitative estimate of drug-likeness (QED) is 0.820. The van der Waals surface area contributed by atoms with Gasteiger partial charge in [-0.15, -0.1) is 0 Å². The van der Waals surface area contributed by atoms with Crippen LogP contribution in [-0.2, 0) is 7.05 Å². The molecule has 0 bridgehead atoms. The highest BCUT2D eigenvalue weighted by molar-refractivity contribution is 7.99. The molecule has 0 spiro atoms. The standard InChI is InChI=1S/C17H25N3O2S/c1-18-7-2-4-15(16(18)21)17(22)20-9-3-8-19(10-11-20)14-5-12-23-13-6-14/h2,4,7,14H,3,5-6,8-13H2,1H3. The summed E-state index contributed by atoms with van der Waals surface area (Å²) < 4.78 is 1.47. The minimum Gasteiger partial charge on any atom is -0.337 e. The molecular formula is C17H25N3O2S. The molecule has 0 aliphatic carbocycles. The van der Waals surface area contributed by atoms with E-state index in [9.17, 15) is 9.59 Å². The second-order valence-electron chi connectivity index (χ2n) is 6.36. The van der Waals surface area contributed by atoms with E-state index in [2.05, 4.69) is 4.90 Å². The number of rotatable bonds is 2. The lowest BCUT2D eigenvalue weighted by molar-refractivity contribution is 0.0755. The van der Waals surface area contributed by atoms with Crippen LogP contribution in [0, 0.1) is 0 Å². The molecule has 0 unspecified atom stereocenters. The van der Waals surface area contributed by atoms with E-state index in [4.69, 9.17) is 0 Å².